The fourth-order valence-corrected chi connectivity index (χ4v) is 2.07. The van der Waals surface area contributed by atoms with Crippen molar-refractivity contribution in [3.63, 3.8) is 0 Å². The van der Waals surface area contributed by atoms with Crippen molar-refractivity contribution < 1.29 is 14.3 Å². The van der Waals surface area contributed by atoms with E-state index in [-0.39, 0.29) is 0 Å². The van der Waals surface area contributed by atoms with Gasteiger partial charge in [0.05, 0.1) is 19.9 Å². The molecule has 0 saturated heterocycles. The Hall–Kier alpha value is -2.08. The number of ether oxygens (including phenoxy) is 2. The molecule has 1 aromatic heterocycles. The highest BCUT2D eigenvalue weighted by atomic mass is 32.1. The second-order valence-electron chi connectivity index (χ2n) is 3.38. The maximum absolute atomic E-state index is 11.0. The quantitative estimate of drug-likeness (QED) is 0.925. The van der Waals surface area contributed by atoms with Crippen molar-refractivity contribution in [3.8, 4) is 17.0 Å². The van der Waals surface area contributed by atoms with Crippen LogP contribution in [0.4, 0.5) is 9.93 Å². The van der Waals surface area contributed by atoms with Crippen LogP contribution < -0.4 is 10.1 Å². The normalized spacial score (nSPS) is 9.89. The van der Waals surface area contributed by atoms with E-state index in [1.54, 1.807) is 7.11 Å². The summed E-state index contributed by atoms with van der Waals surface area (Å²) in [6.45, 7) is 0. The Morgan fingerprint density at radius 1 is 1.28 bits per heavy atom. The number of benzene rings is 1. The van der Waals surface area contributed by atoms with Crippen LogP contribution in [0.15, 0.2) is 29.6 Å². The average Bonchev–Trinajstić information content (AvgIpc) is 2.87. The van der Waals surface area contributed by atoms with Crippen LogP contribution in [0.1, 0.15) is 0 Å². The molecule has 0 unspecified atom stereocenters. The lowest BCUT2D eigenvalue weighted by atomic mass is 10.2. The van der Waals surface area contributed by atoms with E-state index in [0.717, 1.165) is 17.0 Å². The van der Waals surface area contributed by atoms with Gasteiger partial charge in [0, 0.05) is 10.9 Å². The largest absolute Gasteiger partial charge is 0.497 e. The first kappa shape index (κ1) is 12.4. The Morgan fingerprint density at radius 2 is 2.00 bits per heavy atom. The molecule has 0 aliphatic carbocycles. The van der Waals surface area contributed by atoms with Crippen molar-refractivity contribution in [3.05, 3.63) is 29.6 Å². The zero-order chi connectivity index (χ0) is 13.0. The molecule has 1 N–H and O–H groups in total. The predicted molar refractivity (Wildman–Crippen MR) is 70.1 cm³/mol. The van der Waals surface area contributed by atoms with Crippen molar-refractivity contribution in [1.82, 2.24) is 4.98 Å². The lowest BCUT2D eigenvalue weighted by Crippen LogP contribution is -2.10. The number of nitrogens with zero attached hydrogens (tertiary/aromatic N) is 1. The molecule has 1 amide bonds. The Balaban J connectivity index is 2.15. The van der Waals surface area contributed by atoms with E-state index in [4.69, 9.17) is 4.74 Å². The van der Waals surface area contributed by atoms with E-state index >= 15 is 0 Å². The molecular formula is C12H12N2O3S. The van der Waals surface area contributed by atoms with E-state index in [1.807, 2.05) is 29.6 Å². The molecule has 0 aliphatic heterocycles. The minimum Gasteiger partial charge on any atom is -0.497 e. The summed E-state index contributed by atoms with van der Waals surface area (Å²) in [5.74, 6) is 0.793. The fourth-order valence-electron chi connectivity index (χ4n) is 1.36. The van der Waals surface area contributed by atoms with E-state index in [2.05, 4.69) is 15.0 Å². The molecule has 18 heavy (non-hydrogen) atoms. The molecule has 2 aromatic rings. The van der Waals surface area contributed by atoms with Gasteiger partial charge in [-0.1, -0.05) is 0 Å². The number of thiazole rings is 1. The van der Waals surface area contributed by atoms with E-state index in [0.29, 0.717) is 5.13 Å². The standard InChI is InChI=1S/C12H12N2O3S/c1-16-9-5-3-8(4-6-9)10-7-18-11(13-10)14-12(15)17-2/h3-7H,1-2H3,(H,13,14,15). The zero-order valence-electron chi connectivity index (χ0n) is 9.97. The van der Waals surface area contributed by atoms with Crippen LogP contribution in [0.5, 0.6) is 5.75 Å². The third kappa shape index (κ3) is 2.78. The van der Waals surface area contributed by atoms with Crippen molar-refractivity contribution in [2.45, 2.75) is 0 Å². The van der Waals surface area contributed by atoms with Crippen LogP contribution in [0.25, 0.3) is 11.3 Å². The molecule has 6 heteroatoms. The van der Waals surface area contributed by atoms with Gasteiger partial charge in [0.25, 0.3) is 0 Å². The van der Waals surface area contributed by atoms with Gasteiger partial charge in [-0.15, -0.1) is 11.3 Å². The molecule has 0 aliphatic rings. The highest BCUT2D eigenvalue weighted by molar-refractivity contribution is 7.14. The number of hydrogen-bond acceptors (Lipinski definition) is 5. The molecule has 1 heterocycles. The summed E-state index contributed by atoms with van der Waals surface area (Å²) in [4.78, 5) is 15.3. The van der Waals surface area contributed by atoms with Crippen LogP contribution in [-0.4, -0.2) is 25.3 Å². The third-order valence-electron chi connectivity index (χ3n) is 2.28. The van der Waals surface area contributed by atoms with Gasteiger partial charge in [-0.3, -0.25) is 5.32 Å². The number of methoxy groups -OCH3 is 2. The second-order valence-corrected chi connectivity index (χ2v) is 4.24. The summed E-state index contributed by atoms with van der Waals surface area (Å²) in [5.41, 5.74) is 1.76. The molecule has 0 spiro atoms. The summed E-state index contributed by atoms with van der Waals surface area (Å²) in [6, 6.07) is 7.55. The van der Waals surface area contributed by atoms with Crippen molar-refractivity contribution >= 4 is 22.6 Å². The van der Waals surface area contributed by atoms with Crippen LogP contribution in [0.2, 0.25) is 0 Å². The SMILES string of the molecule is COC(=O)Nc1nc(-c2ccc(OC)cc2)cs1. The Morgan fingerprint density at radius 3 is 2.61 bits per heavy atom. The summed E-state index contributed by atoms with van der Waals surface area (Å²) >= 11 is 1.34. The van der Waals surface area contributed by atoms with Gasteiger partial charge >= 0.3 is 6.09 Å². The topological polar surface area (TPSA) is 60.5 Å². The smallest absolute Gasteiger partial charge is 0.413 e. The molecule has 0 bridgehead atoms. The first-order valence-electron chi connectivity index (χ1n) is 5.18. The van der Waals surface area contributed by atoms with Crippen LogP contribution >= 0.6 is 11.3 Å². The number of carbonyl (C=O) groups excluding carboxylic acids is 1. The zero-order valence-corrected chi connectivity index (χ0v) is 10.8. The molecule has 0 saturated carbocycles. The summed E-state index contributed by atoms with van der Waals surface area (Å²) < 4.78 is 9.59. The minimum atomic E-state index is -0.523. The predicted octanol–water partition coefficient (Wildman–Crippen LogP) is 3.00. The molecule has 2 rings (SSSR count). The molecule has 0 radical (unpaired) electrons. The maximum Gasteiger partial charge on any atom is 0.413 e. The molecule has 0 atom stereocenters. The number of aromatic nitrogens is 1. The van der Waals surface area contributed by atoms with Crippen LogP contribution in [0, 0.1) is 0 Å². The number of hydrogen-bond donors (Lipinski definition) is 1. The van der Waals surface area contributed by atoms with E-state index < -0.39 is 6.09 Å². The number of amides is 1. The number of rotatable bonds is 3. The molecular weight excluding hydrogens is 252 g/mol. The number of carbonyl (C=O) groups is 1. The lowest BCUT2D eigenvalue weighted by Gasteiger charge is -2.00. The summed E-state index contributed by atoms with van der Waals surface area (Å²) in [6.07, 6.45) is -0.523. The number of nitrogens with one attached hydrogen (secondary N) is 1. The van der Waals surface area contributed by atoms with Crippen molar-refractivity contribution in [2.24, 2.45) is 0 Å². The van der Waals surface area contributed by atoms with Gasteiger partial charge in [0.2, 0.25) is 0 Å². The summed E-state index contributed by atoms with van der Waals surface area (Å²) in [7, 11) is 2.93. The fraction of sp³-hybridized carbons (Fsp3) is 0.167. The van der Waals surface area contributed by atoms with Gasteiger partial charge in [0.15, 0.2) is 5.13 Å². The Kier molecular flexibility index (Phi) is 3.78. The maximum atomic E-state index is 11.0. The van der Waals surface area contributed by atoms with Gasteiger partial charge in [-0.25, -0.2) is 9.78 Å². The van der Waals surface area contributed by atoms with Crippen molar-refractivity contribution in [1.29, 1.82) is 0 Å². The van der Waals surface area contributed by atoms with Gasteiger partial charge in [-0.2, -0.15) is 0 Å². The third-order valence-corrected chi connectivity index (χ3v) is 3.04. The Labute approximate surface area is 108 Å². The highest BCUT2D eigenvalue weighted by Gasteiger charge is 2.07. The first-order valence-corrected chi connectivity index (χ1v) is 6.06. The van der Waals surface area contributed by atoms with E-state index in [9.17, 15) is 4.79 Å². The van der Waals surface area contributed by atoms with Crippen molar-refractivity contribution in [2.75, 3.05) is 19.5 Å². The molecule has 94 valence electrons. The minimum absolute atomic E-state index is 0.507. The van der Waals surface area contributed by atoms with Gasteiger partial charge in [-0.05, 0) is 24.3 Å². The molecule has 5 nitrogen and oxygen atoms in total. The van der Waals surface area contributed by atoms with Gasteiger partial charge in [0.1, 0.15) is 5.75 Å². The highest BCUT2D eigenvalue weighted by Crippen LogP contribution is 2.26. The van der Waals surface area contributed by atoms with Crippen LogP contribution in [0.3, 0.4) is 0 Å². The molecule has 1 aromatic carbocycles. The Bertz CT molecular complexity index is 537. The second kappa shape index (κ2) is 5.50. The average molecular weight is 264 g/mol. The number of anilines is 1. The monoisotopic (exact) mass is 264 g/mol. The summed E-state index contributed by atoms with van der Waals surface area (Å²) in [5, 5.41) is 4.90. The van der Waals surface area contributed by atoms with Gasteiger partial charge < -0.3 is 9.47 Å². The first-order chi connectivity index (χ1) is 8.72. The van der Waals surface area contributed by atoms with Crippen LogP contribution in [-0.2, 0) is 4.74 Å². The van der Waals surface area contributed by atoms with E-state index in [1.165, 1.54) is 18.4 Å². The lowest BCUT2D eigenvalue weighted by molar-refractivity contribution is 0.187. The molecule has 0 fully saturated rings.